The Morgan fingerprint density at radius 2 is 1.43 bits per heavy atom. The van der Waals surface area contributed by atoms with Gasteiger partial charge < -0.3 is 9.64 Å². The molecule has 2 saturated heterocycles. The van der Waals surface area contributed by atoms with E-state index in [4.69, 9.17) is 11.2 Å². The number of carbonyl (C=O) groups is 1. The van der Waals surface area contributed by atoms with Gasteiger partial charge in [-0.2, -0.15) is 0 Å². The first-order valence-corrected chi connectivity index (χ1v) is 15.3. The number of nitrogens with zero attached hydrogens (tertiary/aromatic N) is 2. The quantitative estimate of drug-likeness (QED) is 0.196. The van der Waals surface area contributed by atoms with E-state index in [1.165, 1.54) is 19.4 Å². The van der Waals surface area contributed by atoms with Crippen LogP contribution < -0.4 is 4.74 Å². The fraction of sp³-hybridized carbons (Fsp3) is 0.727. The van der Waals surface area contributed by atoms with E-state index in [1.54, 1.807) is 0 Å². The topological polar surface area (TPSA) is 32.8 Å². The summed E-state index contributed by atoms with van der Waals surface area (Å²) in [5.74, 6) is 4.22. The highest BCUT2D eigenvalue weighted by Crippen LogP contribution is 2.19. The number of carbonyl (C=O) groups excluding carboxylic acids is 1. The summed E-state index contributed by atoms with van der Waals surface area (Å²) in [6.07, 6.45) is 11.1. The summed E-state index contributed by atoms with van der Waals surface area (Å²) in [6.45, 7) is 27.7. The Morgan fingerprint density at radius 1 is 0.892 bits per heavy atom. The van der Waals surface area contributed by atoms with Crippen molar-refractivity contribution >= 4 is 5.78 Å². The van der Waals surface area contributed by atoms with Crippen molar-refractivity contribution in [1.82, 2.24) is 9.80 Å². The van der Waals surface area contributed by atoms with Gasteiger partial charge in [0.15, 0.2) is 5.78 Å². The summed E-state index contributed by atoms with van der Waals surface area (Å²) in [6, 6.07) is 8.31. The summed E-state index contributed by atoms with van der Waals surface area (Å²) in [7, 11) is 0. The number of terminal acetylenes is 1. The molecule has 4 heteroatoms. The molecule has 0 saturated carbocycles. The number of hydrogen-bond donors (Lipinski definition) is 0. The van der Waals surface area contributed by atoms with Crippen molar-refractivity contribution in [1.29, 1.82) is 0 Å². The molecular formula is C33H62N2O2. The molecule has 0 amide bonds. The van der Waals surface area contributed by atoms with E-state index >= 15 is 0 Å². The summed E-state index contributed by atoms with van der Waals surface area (Å²) in [4.78, 5) is 17.2. The molecule has 37 heavy (non-hydrogen) atoms. The van der Waals surface area contributed by atoms with Crippen LogP contribution >= 0.6 is 0 Å². The predicted molar refractivity (Wildman–Crippen MR) is 166 cm³/mol. The maximum atomic E-state index is 12.5. The van der Waals surface area contributed by atoms with Crippen molar-refractivity contribution in [3.05, 3.63) is 29.8 Å². The van der Waals surface area contributed by atoms with Gasteiger partial charge in [-0.1, -0.05) is 69.2 Å². The van der Waals surface area contributed by atoms with Crippen LogP contribution in [-0.4, -0.2) is 61.0 Å². The molecule has 3 rings (SSSR count). The van der Waals surface area contributed by atoms with Crippen LogP contribution in [0, 0.1) is 18.3 Å². The number of ether oxygens (including phenoxy) is 1. The predicted octanol–water partition coefficient (Wildman–Crippen LogP) is 8.60. The van der Waals surface area contributed by atoms with Gasteiger partial charge in [0.2, 0.25) is 0 Å². The number of benzene rings is 1. The van der Waals surface area contributed by atoms with Crippen LogP contribution in [0.3, 0.4) is 0 Å². The van der Waals surface area contributed by atoms with Gasteiger partial charge in [0.1, 0.15) is 5.75 Å². The smallest absolute Gasteiger partial charge is 0.176 e. The maximum Gasteiger partial charge on any atom is 0.176 e. The standard InChI is InChI=1S/C23H32N2O2.5C2H6/c1-3-20-11-15-24(16-12-20)18-23(26)21-7-9-22(10-8-21)27-17-5-14-25-13-4-6-19(25)2;5*1-2/h1,7-10,19-20H,4-6,11-18H2,2H3;5*1-2H3/t19-;;;;;/m1...../s1. The van der Waals surface area contributed by atoms with Crippen LogP contribution in [0.1, 0.15) is 119 Å². The van der Waals surface area contributed by atoms with E-state index in [0.717, 1.165) is 56.8 Å². The molecule has 2 fully saturated rings. The van der Waals surface area contributed by atoms with E-state index in [-0.39, 0.29) is 5.78 Å². The van der Waals surface area contributed by atoms with Crippen LogP contribution in [0.2, 0.25) is 0 Å². The molecule has 216 valence electrons. The summed E-state index contributed by atoms with van der Waals surface area (Å²) in [5.41, 5.74) is 0.757. The van der Waals surface area contributed by atoms with Crippen LogP contribution in [0.15, 0.2) is 24.3 Å². The Bertz CT molecular complexity index is 643. The second kappa shape index (κ2) is 28.7. The molecule has 0 radical (unpaired) electrons. The van der Waals surface area contributed by atoms with Gasteiger partial charge in [0.05, 0.1) is 13.2 Å². The maximum absolute atomic E-state index is 12.5. The largest absolute Gasteiger partial charge is 0.494 e. The highest BCUT2D eigenvalue weighted by molar-refractivity contribution is 5.97. The van der Waals surface area contributed by atoms with Crippen molar-refractivity contribution in [3.63, 3.8) is 0 Å². The average Bonchev–Trinajstić information content (AvgIpc) is 3.41. The fourth-order valence-corrected chi connectivity index (χ4v) is 4.07. The molecule has 1 aromatic carbocycles. The monoisotopic (exact) mass is 518 g/mol. The summed E-state index contributed by atoms with van der Waals surface area (Å²) < 4.78 is 5.84. The van der Waals surface area contributed by atoms with Crippen molar-refractivity contribution in [2.45, 2.75) is 114 Å². The lowest BCUT2D eigenvalue weighted by Crippen LogP contribution is -2.37. The minimum atomic E-state index is 0.170. The number of Topliss-reactive ketones (excluding diaryl/α,β-unsaturated/α-hetero) is 1. The van der Waals surface area contributed by atoms with Gasteiger partial charge in [-0.05, 0) is 82.9 Å². The first-order chi connectivity index (χ1) is 18.2. The molecule has 2 aliphatic rings. The summed E-state index contributed by atoms with van der Waals surface area (Å²) >= 11 is 0. The molecule has 0 spiro atoms. The zero-order valence-electron chi connectivity index (χ0n) is 26.5. The Balaban J connectivity index is -0.00000103. The number of rotatable bonds is 8. The number of likely N-dealkylation sites (tertiary alicyclic amines) is 2. The molecule has 0 N–H and O–H groups in total. The Hall–Kier alpha value is -1.83. The molecule has 0 aliphatic carbocycles. The third-order valence-electron chi connectivity index (χ3n) is 5.92. The molecule has 2 aliphatic heterocycles. The van der Waals surface area contributed by atoms with Crippen molar-refractivity contribution in [3.8, 4) is 18.1 Å². The second-order valence-corrected chi connectivity index (χ2v) is 7.89. The number of hydrogen-bond acceptors (Lipinski definition) is 4. The first kappa shape index (κ1) is 39.7. The van der Waals surface area contributed by atoms with Gasteiger partial charge in [0, 0.05) is 24.1 Å². The molecule has 0 bridgehead atoms. The molecule has 0 unspecified atom stereocenters. The Morgan fingerprint density at radius 3 is 1.89 bits per heavy atom. The number of piperidine rings is 1. The fourth-order valence-electron chi connectivity index (χ4n) is 4.07. The van der Waals surface area contributed by atoms with E-state index in [2.05, 4.69) is 22.6 Å². The number of ketones is 1. The average molecular weight is 519 g/mol. The highest BCUT2D eigenvalue weighted by atomic mass is 16.5. The second-order valence-electron chi connectivity index (χ2n) is 7.89. The minimum absolute atomic E-state index is 0.170. The Labute approximate surface area is 232 Å². The molecule has 1 aromatic rings. The zero-order chi connectivity index (χ0) is 29.1. The van der Waals surface area contributed by atoms with Gasteiger partial charge in [-0.3, -0.25) is 9.69 Å². The van der Waals surface area contributed by atoms with E-state index in [0.29, 0.717) is 18.5 Å². The lowest BCUT2D eigenvalue weighted by atomic mass is 9.97. The van der Waals surface area contributed by atoms with E-state index in [9.17, 15) is 4.79 Å². The molecule has 0 aromatic heterocycles. The van der Waals surface area contributed by atoms with Crippen molar-refractivity contribution < 1.29 is 9.53 Å². The highest BCUT2D eigenvalue weighted by Gasteiger charge is 2.20. The van der Waals surface area contributed by atoms with Crippen LogP contribution in [0.4, 0.5) is 0 Å². The summed E-state index contributed by atoms with van der Waals surface area (Å²) in [5, 5.41) is 0. The molecule has 2 heterocycles. The minimum Gasteiger partial charge on any atom is -0.494 e. The van der Waals surface area contributed by atoms with Crippen LogP contribution in [0.5, 0.6) is 5.75 Å². The van der Waals surface area contributed by atoms with Gasteiger partial charge in [-0.15, -0.1) is 12.3 Å². The van der Waals surface area contributed by atoms with Gasteiger partial charge in [0.25, 0.3) is 0 Å². The molecule has 4 nitrogen and oxygen atoms in total. The van der Waals surface area contributed by atoms with Gasteiger partial charge >= 0.3 is 0 Å². The lowest BCUT2D eigenvalue weighted by Gasteiger charge is -2.29. The molecular weight excluding hydrogens is 456 g/mol. The third-order valence-corrected chi connectivity index (χ3v) is 5.92. The van der Waals surface area contributed by atoms with Crippen LogP contribution in [0.25, 0.3) is 0 Å². The van der Waals surface area contributed by atoms with Crippen LogP contribution in [-0.2, 0) is 0 Å². The Kier molecular flexibility index (Phi) is 30.8. The first-order valence-electron chi connectivity index (χ1n) is 15.3. The van der Waals surface area contributed by atoms with Gasteiger partial charge in [-0.25, -0.2) is 0 Å². The normalized spacial score (nSPS) is 16.8. The third kappa shape index (κ3) is 17.3. The van der Waals surface area contributed by atoms with E-state index < -0.39 is 0 Å². The lowest BCUT2D eigenvalue weighted by molar-refractivity contribution is 0.0906. The van der Waals surface area contributed by atoms with E-state index in [1.807, 2.05) is 93.5 Å². The van der Waals surface area contributed by atoms with Crippen molar-refractivity contribution in [2.24, 2.45) is 5.92 Å². The SMILES string of the molecule is C#CC1CCN(CC(=O)c2ccc(OCCCN3CCC[C@H]3C)cc2)CC1.CC.CC.CC.CC.CC. The molecule has 1 atom stereocenters. The zero-order valence-corrected chi connectivity index (χ0v) is 26.5. The van der Waals surface area contributed by atoms with Crippen molar-refractivity contribution in [2.75, 3.05) is 39.3 Å².